The van der Waals surface area contributed by atoms with Crippen molar-refractivity contribution < 1.29 is 14.6 Å². The summed E-state index contributed by atoms with van der Waals surface area (Å²) in [6.45, 7) is 1.65. The summed E-state index contributed by atoms with van der Waals surface area (Å²) in [6.07, 6.45) is -1.03. The molecule has 0 aliphatic rings. The minimum atomic E-state index is -0.682. The third-order valence-electron chi connectivity index (χ3n) is 3.56. The maximum atomic E-state index is 12.3. The van der Waals surface area contributed by atoms with E-state index >= 15 is 0 Å². The van der Waals surface area contributed by atoms with Crippen LogP contribution in [0.3, 0.4) is 0 Å². The molecule has 0 saturated heterocycles. The van der Waals surface area contributed by atoms with Gasteiger partial charge >= 0.3 is 6.09 Å². The Morgan fingerprint density at radius 1 is 1.19 bits per heavy atom. The van der Waals surface area contributed by atoms with Gasteiger partial charge in [0.15, 0.2) is 5.82 Å². The first-order valence-electron chi connectivity index (χ1n) is 8.09. The van der Waals surface area contributed by atoms with Crippen LogP contribution in [0.2, 0.25) is 5.02 Å². The third-order valence-corrected chi connectivity index (χ3v) is 3.95. The molecule has 6 nitrogen and oxygen atoms in total. The van der Waals surface area contributed by atoms with Crippen molar-refractivity contribution in [2.75, 3.05) is 5.32 Å². The van der Waals surface area contributed by atoms with Crippen LogP contribution in [-0.4, -0.2) is 27.1 Å². The number of carbonyl (C=O) groups excluding carboxylic acids is 1. The van der Waals surface area contributed by atoms with Gasteiger partial charge in [-0.2, -0.15) is 5.10 Å². The third kappa shape index (κ3) is 4.22. The highest BCUT2D eigenvalue weighted by atomic mass is 35.5. The van der Waals surface area contributed by atoms with Crippen molar-refractivity contribution in [3.05, 3.63) is 71.4 Å². The number of carbonyl (C=O) groups is 1. The quantitative estimate of drug-likeness (QED) is 0.709. The molecule has 1 heterocycles. The van der Waals surface area contributed by atoms with E-state index in [1.807, 2.05) is 36.4 Å². The molecular formula is C19H18ClN3O3. The molecule has 0 aliphatic carbocycles. The van der Waals surface area contributed by atoms with Crippen LogP contribution in [0.4, 0.5) is 10.6 Å². The Morgan fingerprint density at radius 2 is 1.81 bits per heavy atom. The van der Waals surface area contributed by atoms with Gasteiger partial charge in [0.1, 0.15) is 10.8 Å². The Morgan fingerprint density at radius 3 is 2.42 bits per heavy atom. The summed E-state index contributed by atoms with van der Waals surface area (Å²) in [4.78, 5) is 12.3. The Balaban J connectivity index is 1.91. The van der Waals surface area contributed by atoms with Gasteiger partial charge in [-0.25, -0.2) is 9.48 Å². The number of aromatic nitrogens is 2. The molecule has 0 radical (unpaired) electrons. The number of nitrogens with zero attached hydrogens (tertiary/aromatic N) is 2. The van der Waals surface area contributed by atoms with E-state index in [2.05, 4.69) is 10.4 Å². The summed E-state index contributed by atoms with van der Waals surface area (Å²) in [5.41, 5.74) is 1.21. The zero-order valence-electron chi connectivity index (χ0n) is 14.1. The molecule has 1 aromatic heterocycles. The number of benzene rings is 2. The van der Waals surface area contributed by atoms with E-state index in [9.17, 15) is 9.90 Å². The van der Waals surface area contributed by atoms with Crippen molar-refractivity contribution in [1.82, 2.24) is 9.78 Å². The van der Waals surface area contributed by atoms with Crippen molar-refractivity contribution in [2.45, 2.75) is 19.4 Å². The Bertz CT molecular complexity index is 880. The Hall–Kier alpha value is -2.83. The van der Waals surface area contributed by atoms with E-state index in [1.165, 1.54) is 4.68 Å². The van der Waals surface area contributed by atoms with Gasteiger partial charge in [-0.1, -0.05) is 48.0 Å². The standard InChI is InChI=1S/C19H18ClN3O3/c1-13(24)12-16-17(20)18(23(22-16)14-8-4-2-5-9-14)21-19(25)26-15-10-6-3-7-11-15/h2-11,13,24H,12H2,1H3,(H,21,25). The molecule has 3 aromatic rings. The van der Waals surface area contributed by atoms with Crippen molar-refractivity contribution in [3.8, 4) is 11.4 Å². The second kappa shape index (κ2) is 8.03. The van der Waals surface area contributed by atoms with Crippen molar-refractivity contribution >= 4 is 23.5 Å². The average Bonchev–Trinajstić information content (AvgIpc) is 2.92. The fourth-order valence-electron chi connectivity index (χ4n) is 2.44. The van der Waals surface area contributed by atoms with Gasteiger partial charge in [0.25, 0.3) is 0 Å². The topological polar surface area (TPSA) is 76.4 Å². The number of nitrogens with one attached hydrogen (secondary N) is 1. The van der Waals surface area contributed by atoms with E-state index < -0.39 is 12.2 Å². The molecule has 0 fully saturated rings. The number of para-hydroxylation sites is 2. The monoisotopic (exact) mass is 371 g/mol. The molecule has 0 aliphatic heterocycles. The van der Waals surface area contributed by atoms with Gasteiger partial charge in [-0.05, 0) is 31.2 Å². The van der Waals surface area contributed by atoms with Gasteiger partial charge in [0.2, 0.25) is 0 Å². The molecule has 1 unspecified atom stereocenters. The van der Waals surface area contributed by atoms with Crippen LogP contribution in [0.25, 0.3) is 5.69 Å². The summed E-state index contributed by atoms with van der Waals surface area (Å²) in [6, 6.07) is 18.0. The Labute approximate surface area is 156 Å². The van der Waals surface area contributed by atoms with Gasteiger partial charge in [0.05, 0.1) is 17.5 Å². The normalized spacial score (nSPS) is 11.8. The lowest BCUT2D eigenvalue weighted by Crippen LogP contribution is -2.19. The van der Waals surface area contributed by atoms with E-state index in [1.54, 1.807) is 31.2 Å². The molecule has 26 heavy (non-hydrogen) atoms. The number of rotatable bonds is 5. The fourth-order valence-corrected chi connectivity index (χ4v) is 2.68. The van der Waals surface area contributed by atoms with Crippen molar-refractivity contribution in [3.63, 3.8) is 0 Å². The molecule has 1 amide bonds. The molecular weight excluding hydrogens is 354 g/mol. The largest absolute Gasteiger partial charge is 0.418 e. The van der Waals surface area contributed by atoms with Crippen molar-refractivity contribution in [2.24, 2.45) is 0 Å². The first kappa shape index (κ1) is 18.0. The fraction of sp³-hybridized carbons (Fsp3) is 0.158. The predicted octanol–water partition coefficient (Wildman–Crippen LogP) is 4.06. The van der Waals surface area contributed by atoms with Crippen LogP contribution in [0.5, 0.6) is 5.75 Å². The maximum Gasteiger partial charge on any atom is 0.418 e. The maximum absolute atomic E-state index is 12.3. The summed E-state index contributed by atoms with van der Waals surface area (Å²) in [7, 11) is 0. The lowest BCUT2D eigenvalue weighted by atomic mass is 10.2. The molecule has 134 valence electrons. The molecule has 1 atom stereocenters. The molecule has 7 heteroatoms. The minimum absolute atomic E-state index is 0.264. The second-order valence-electron chi connectivity index (χ2n) is 5.74. The van der Waals surface area contributed by atoms with Crippen LogP contribution in [0.15, 0.2) is 60.7 Å². The zero-order chi connectivity index (χ0) is 18.5. The van der Waals surface area contributed by atoms with Crippen molar-refractivity contribution in [1.29, 1.82) is 0 Å². The SMILES string of the molecule is CC(O)Cc1nn(-c2ccccc2)c(NC(=O)Oc2ccccc2)c1Cl. The lowest BCUT2D eigenvalue weighted by molar-refractivity contribution is 0.194. The number of halogens is 1. The first-order valence-corrected chi connectivity index (χ1v) is 8.47. The summed E-state index contributed by atoms with van der Waals surface area (Å²) in [5, 5.41) is 17.0. The predicted molar refractivity (Wildman–Crippen MR) is 100 cm³/mol. The summed E-state index contributed by atoms with van der Waals surface area (Å²) < 4.78 is 6.78. The van der Waals surface area contributed by atoms with Crippen LogP contribution < -0.4 is 10.1 Å². The number of hydrogen-bond donors (Lipinski definition) is 2. The second-order valence-corrected chi connectivity index (χ2v) is 6.12. The summed E-state index contributed by atoms with van der Waals surface area (Å²) in [5.74, 6) is 0.700. The first-order chi connectivity index (χ1) is 12.5. The highest BCUT2D eigenvalue weighted by Crippen LogP contribution is 2.30. The van der Waals surface area contributed by atoms with Gasteiger partial charge in [-0.3, -0.25) is 5.32 Å². The molecule has 2 N–H and O–H groups in total. The minimum Gasteiger partial charge on any atom is -0.410 e. The number of aliphatic hydroxyl groups excluding tert-OH is 1. The molecule has 0 bridgehead atoms. The smallest absolute Gasteiger partial charge is 0.410 e. The van der Waals surface area contributed by atoms with E-state index in [0.717, 1.165) is 5.69 Å². The van der Waals surface area contributed by atoms with Crippen LogP contribution >= 0.6 is 11.6 Å². The van der Waals surface area contributed by atoms with Gasteiger partial charge < -0.3 is 9.84 Å². The highest BCUT2D eigenvalue weighted by Gasteiger charge is 2.21. The molecule has 0 saturated carbocycles. The molecule has 3 rings (SSSR count). The molecule has 2 aromatic carbocycles. The number of amides is 1. The van der Waals surface area contributed by atoms with Gasteiger partial charge in [-0.15, -0.1) is 0 Å². The number of aliphatic hydroxyl groups is 1. The van der Waals surface area contributed by atoms with E-state index in [4.69, 9.17) is 16.3 Å². The number of hydrogen-bond acceptors (Lipinski definition) is 4. The number of ether oxygens (including phenoxy) is 1. The number of anilines is 1. The van der Waals surface area contributed by atoms with E-state index in [-0.39, 0.29) is 17.3 Å². The molecule has 0 spiro atoms. The van der Waals surface area contributed by atoms with Gasteiger partial charge in [0, 0.05) is 6.42 Å². The lowest BCUT2D eigenvalue weighted by Gasteiger charge is -2.09. The van der Waals surface area contributed by atoms with Crippen LogP contribution in [0.1, 0.15) is 12.6 Å². The summed E-state index contributed by atoms with van der Waals surface area (Å²) >= 11 is 6.41. The zero-order valence-corrected chi connectivity index (χ0v) is 14.8. The average molecular weight is 372 g/mol. The highest BCUT2D eigenvalue weighted by molar-refractivity contribution is 6.34. The Kier molecular flexibility index (Phi) is 5.55. The van der Waals surface area contributed by atoms with Crippen LogP contribution in [0, 0.1) is 0 Å². The van der Waals surface area contributed by atoms with Crippen LogP contribution in [-0.2, 0) is 6.42 Å². The van der Waals surface area contributed by atoms with E-state index in [0.29, 0.717) is 11.4 Å².